The first-order valence-corrected chi connectivity index (χ1v) is 6.03. The van der Waals surface area contributed by atoms with Gasteiger partial charge >= 0.3 is 5.69 Å². The number of nitro groups is 1. The number of ether oxygens (including phenoxy) is 1. The predicted octanol–water partition coefficient (Wildman–Crippen LogP) is 1.28. The van der Waals surface area contributed by atoms with Gasteiger partial charge < -0.3 is 9.84 Å². The highest BCUT2D eigenvalue weighted by atomic mass is 16.6. The van der Waals surface area contributed by atoms with E-state index in [0.29, 0.717) is 17.9 Å². The van der Waals surface area contributed by atoms with Gasteiger partial charge in [-0.15, -0.1) is 0 Å². The summed E-state index contributed by atoms with van der Waals surface area (Å²) in [4.78, 5) is 14.5. The average molecular weight is 278 g/mol. The Morgan fingerprint density at radius 2 is 2.30 bits per heavy atom. The summed E-state index contributed by atoms with van der Waals surface area (Å²) in [5.74, 6) is 0.728. The maximum Gasteiger partial charge on any atom is 0.311 e. The van der Waals surface area contributed by atoms with Crippen LogP contribution in [0.1, 0.15) is 18.3 Å². The molecule has 20 heavy (non-hydrogen) atoms. The first-order chi connectivity index (χ1) is 9.65. The predicted molar refractivity (Wildman–Crippen MR) is 69.0 cm³/mol. The lowest BCUT2D eigenvalue weighted by molar-refractivity contribution is -0.386. The lowest BCUT2D eigenvalue weighted by Crippen LogP contribution is -2.08. The van der Waals surface area contributed by atoms with Gasteiger partial charge in [0.2, 0.25) is 0 Å². The van der Waals surface area contributed by atoms with E-state index in [2.05, 4.69) is 10.1 Å². The molecule has 1 aromatic carbocycles. The van der Waals surface area contributed by atoms with Crippen LogP contribution in [0.2, 0.25) is 0 Å². The minimum absolute atomic E-state index is 0.0904. The van der Waals surface area contributed by atoms with Crippen molar-refractivity contribution in [3.8, 4) is 5.75 Å². The van der Waals surface area contributed by atoms with E-state index in [4.69, 9.17) is 9.84 Å². The molecule has 0 fully saturated rings. The van der Waals surface area contributed by atoms with E-state index < -0.39 is 4.92 Å². The number of hydrogen-bond acceptors (Lipinski definition) is 6. The number of aliphatic hydroxyl groups excluding tert-OH is 1. The van der Waals surface area contributed by atoms with Crippen LogP contribution in [-0.2, 0) is 19.8 Å². The highest BCUT2D eigenvalue weighted by Gasteiger charge is 2.16. The van der Waals surface area contributed by atoms with Crippen molar-refractivity contribution < 1.29 is 14.8 Å². The van der Waals surface area contributed by atoms with Crippen molar-refractivity contribution >= 4 is 5.69 Å². The van der Waals surface area contributed by atoms with E-state index in [1.54, 1.807) is 10.7 Å². The quantitative estimate of drug-likeness (QED) is 0.630. The van der Waals surface area contributed by atoms with Crippen LogP contribution < -0.4 is 4.74 Å². The van der Waals surface area contributed by atoms with E-state index in [1.807, 2.05) is 6.92 Å². The highest BCUT2D eigenvalue weighted by Crippen LogP contribution is 2.28. The van der Waals surface area contributed by atoms with Gasteiger partial charge in [-0.25, -0.2) is 9.67 Å². The van der Waals surface area contributed by atoms with Gasteiger partial charge in [0.15, 0.2) is 11.6 Å². The zero-order valence-electron chi connectivity index (χ0n) is 10.9. The second-order valence-corrected chi connectivity index (χ2v) is 4.00. The maximum absolute atomic E-state index is 11.0. The standard InChI is InChI=1S/C12H14N4O4/c1-2-15-12(13-8-14-15)7-20-11-4-3-9(6-17)5-10(11)16(18)19/h3-5,8,17H,2,6-7H2,1H3. The zero-order valence-corrected chi connectivity index (χ0v) is 10.9. The molecule has 8 heteroatoms. The number of benzene rings is 1. The van der Waals surface area contributed by atoms with Gasteiger partial charge in [0.05, 0.1) is 11.5 Å². The molecule has 0 saturated heterocycles. The maximum atomic E-state index is 11.0. The van der Waals surface area contributed by atoms with Crippen LogP contribution in [-0.4, -0.2) is 24.8 Å². The molecule has 0 amide bonds. The van der Waals surface area contributed by atoms with Crippen molar-refractivity contribution in [1.29, 1.82) is 0 Å². The average Bonchev–Trinajstić information content (AvgIpc) is 2.92. The summed E-state index contributed by atoms with van der Waals surface area (Å²) < 4.78 is 7.08. The van der Waals surface area contributed by atoms with Crippen LogP contribution in [0.3, 0.4) is 0 Å². The Labute approximate surface area is 114 Å². The highest BCUT2D eigenvalue weighted by molar-refractivity contribution is 5.48. The van der Waals surface area contributed by atoms with Crippen LogP contribution in [0, 0.1) is 10.1 Å². The second-order valence-electron chi connectivity index (χ2n) is 4.00. The van der Waals surface area contributed by atoms with E-state index in [-0.39, 0.29) is 24.7 Å². The van der Waals surface area contributed by atoms with Crippen LogP contribution in [0.15, 0.2) is 24.5 Å². The topological polar surface area (TPSA) is 103 Å². The number of rotatable bonds is 6. The summed E-state index contributed by atoms with van der Waals surface area (Å²) in [5.41, 5.74) is 0.278. The first kappa shape index (κ1) is 13.9. The van der Waals surface area contributed by atoms with E-state index in [0.717, 1.165) is 0 Å². The normalized spacial score (nSPS) is 10.5. The molecule has 106 valence electrons. The van der Waals surface area contributed by atoms with Crippen LogP contribution in [0.5, 0.6) is 5.75 Å². The first-order valence-electron chi connectivity index (χ1n) is 6.03. The molecule has 0 aliphatic rings. The van der Waals surface area contributed by atoms with E-state index in [1.165, 1.54) is 18.5 Å². The Balaban J connectivity index is 2.19. The Hall–Kier alpha value is -2.48. The van der Waals surface area contributed by atoms with Gasteiger partial charge in [-0.1, -0.05) is 6.07 Å². The van der Waals surface area contributed by atoms with Crippen LogP contribution in [0.25, 0.3) is 0 Å². The van der Waals surface area contributed by atoms with Crippen molar-refractivity contribution in [2.75, 3.05) is 0 Å². The smallest absolute Gasteiger partial charge is 0.311 e. The molecule has 0 atom stereocenters. The molecule has 2 aromatic rings. The third-order valence-corrected chi connectivity index (χ3v) is 2.75. The van der Waals surface area contributed by atoms with Crippen molar-refractivity contribution in [3.63, 3.8) is 0 Å². The van der Waals surface area contributed by atoms with Crippen molar-refractivity contribution in [3.05, 3.63) is 46.0 Å². The number of aliphatic hydroxyl groups is 1. The van der Waals surface area contributed by atoms with E-state index in [9.17, 15) is 10.1 Å². The SMILES string of the molecule is CCn1ncnc1COc1ccc(CO)cc1[N+](=O)[O-]. The summed E-state index contributed by atoms with van der Waals surface area (Å²) in [6, 6.07) is 4.34. The van der Waals surface area contributed by atoms with Crippen molar-refractivity contribution in [2.45, 2.75) is 26.7 Å². The Morgan fingerprint density at radius 1 is 1.50 bits per heavy atom. The number of hydrogen-bond donors (Lipinski definition) is 1. The zero-order chi connectivity index (χ0) is 14.5. The lowest BCUT2D eigenvalue weighted by Gasteiger charge is -2.08. The molecular weight excluding hydrogens is 264 g/mol. The molecule has 1 N–H and O–H groups in total. The van der Waals surface area contributed by atoms with Gasteiger partial charge in [0.25, 0.3) is 0 Å². The Morgan fingerprint density at radius 3 is 2.95 bits per heavy atom. The fourth-order valence-electron chi connectivity index (χ4n) is 1.73. The summed E-state index contributed by atoms with van der Waals surface area (Å²) in [5, 5.41) is 24.0. The fraction of sp³-hybridized carbons (Fsp3) is 0.333. The monoisotopic (exact) mass is 278 g/mol. The lowest BCUT2D eigenvalue weighted by atomic mass is 10.2. The third-order valence-electron chi connectivity index (χ3n) is 2.75. The molecule has 1 aromatic heterocycles. The van der Waals surface area contributed by atoms with Gasteiger partial charge in [-0.05, 0) is 18.6 Å². The van der Waals surface area contributed by atoms with Crippen molar-refractivity contribution in [1.82, 2.24) is 14.8 Å². The molecule has 0 radical (unpaired) electrons. The molecule has 0 aliphatic carbocycles. The van der Waals surface area contributed by atoms with Gasteiger partial charge in [0, 0.05) is 12.6 Å². The summed E-state index contributed by atoms with van der Waals surface area (Å²) in [6.07, 6.45) is 1.41. The summed E-state index contributed by atoms with van der Waals surface area (Å²) in [6.45, 7) is 2.39. The molecule has 8 nitrogen and oxygen atoms in total. The van der Waals surface area contributed by atoms with Gasteiger partial charge in [0.1, 0.15) is 12.9 Å². The summed E-state index contributed by atoms with van der Waals surface area (Å²) >= 11 is 0. The third kappa shape index (κ3) is 2.91. The molecule has 0 unspecified atom stereocenters. The number of nitro benzene ring substituents is 1. The number of aryl methyl sites for hydroxylation is 1. The molecule has 0 spiro atoms. The molecule has 2 rings (SSSR count). The van der Waals surface area contributed by atoms with E-state index >= 15 is 0 Å². The Bertz CT molecular complexity index is 611. The number of aromatic nitrogens is 3. The largest absolute Gasteiger partial charge is 0.479 e. The molecule has 0 aliphatic heterocycles. The summed E-state index contributed by atoms with van der Waals surface area (Å²) in [7, 11) is 0. The molecule has 0 bridgehead atoms. The van der Waals surface area contributed by atoms with Gasteiger partial charge in [-0.3, -0.25) is 10.1 Å². The van der Waals surface area contributed by atoms with Gasteiger partial charge in [-0.2, -0.15) is 5.10 Å². The Kier molecular flexibility index (Phi) is 4.26. The number of nitrogens with zero attached hydrogens (tertiary/aromatic N) is 4. The molecular formula is C12H14N4O4. The molecule has 1 heterocycles. The van der Waals surface area contributed by atoms with Crippen LogP contribution in [0.4, 0.5) is 5.69 Å². The second kappa shape index (κ2) is 6.11. The minimum atomic E-state index is -0.543. The molecule has 0 saturated carbocycles. The van der Waals surface area contributed by atoms with Crippen molar-refractivity contribution in [2.24, 2.45) is 0 Å². The fourth-order valence-corrected chi connectivity index (χ4v) is 1.73. The minimum Gasteiger partial charge on any atom is -0.479 e. The van der Waals surface area contributed by atoms with Crippen LogP contribution >= 0.6 is 0 Å².